The molecule has 5 rings (SSSR count). The minimum absolute atomic E-state index is 0.450. The minimum atomic E-state index is 0.450. The van der Waals surface area contributed by atoms with Gasteiger partial charge in [0.15, 0.2) is 0 Å². The highest BCUT2D eigenvalue weighted by molar-refractivity contribution is 6.31. The molecule has 4 heteroatoms. The quantitative estimate of drug-likeness (QED) is 0.630. The summed E-state index contributed by atoms with van der Waals surface area (Å²) in [6.45, 7) is 2.18. The zero-order chi connectivity index (χ0) is 19.4. The van der Waals surface area contributed by atoms with Gasteiger partial charge in [0, 0.05) is 60.3 Å². The van der Waals surface area contributed by atoms with E-state index in [1.165, 1.54) is 34.0 Å². The number of hydrogen-bond donors (Lipinski definition) is 0. The largest absolute Gasteiger partial charge is 0.350 e. The Morgan fingerprint density at radius 1 is 1.04 bits per heavy atom. The number of aromatic nitrogens is 1. The number of likely N-dealkylation sites (N-methyl/N-ethyl adjacent to an activating group) is 1. The second-order valence-electron chi connectivity index (χ2n) is 8.67. The molecule has 1 aliphatic heterocycles. The molecule has 1 unspecified atom stereocenters. The second kappa shape index (κ2) is 6.91. The van der Waals surface area contributed by atoms with Crippen molar-refractivity contribution in [1.29, 1.82) is 0 Å². The number of hydrogen-bond acceptors (Lipinski definition) is 2. The lowest BCUT2D eigenvalue weighted by Crippen LogP contribution is -2.35. The van der Waals surface area contributed by atoms with E-state index in [0.717, 1.165) is 24.5 Å². The number of para-hydroxylation sites is 1. The fourth-order valence-corrected chi connectivity index (χ4v) is 5.86. The molecule has 28 heavy (non-hydrogen) atoms. The summed E-state index contributed by atoms with van der Waals surface area (Å²) in [7, 11) is 6.61. The highest BCUT2D eigenvalue weighted by Gasteiger charge is 2.41. The molecule has 0 radical (unpaired) electrons. The zero-order valence-electron chi connectivity index (χ0n) is 16.9. The predicted octanol–water partition coefficient (Wildman–Crippen LogP) is 4.85. The summed E-state index contributed by atoms with van der Waals surface area (Å²) in [4.78, 5) is 5.10. The van der Waals surface area contributed by atoms with Gasteiger partial charge in [0.2, 0.25) is 0 Å². The van der Waals surface area contributed by atoms with Crippen molar-refractivity contribution >= 4 is 22.5 Å². The first-order valence-corrected chi connectivity index (χ1v) is 10.6. The van der Waals surface area contributed by atoms with Gasteiger partial charge in [0.25, 0.3) is 0 Å². The van der Waals surface area contributed by atoms with Crippen LogP contribution in [-0.2, 0) is 13.5 Å². The highest BCUT2D eigenvalue weighted by atomic mass is 35.5. The van der Waals surface area contributed by atoms with Gasteiger partial charge in [-0.3, -0.25) is 4.90 Å². The van der Waals surface area contributed by atoms with Crippen molar-refractivity contribution in [2.45, 2.75) is 30.8 Å². The molecule has 3 aromatic rings. The number of nitrogens with zero attached hydrogens (tertiary/aromatic N) is 3. The molecule has 0 N–H and O–H groups in total. The standard InChI is InChI=1S/C24H28ClN3/c1-26(2)23-15-28(22-12-11-16-7-6-9-20(25)24(16)22)14-19(23)18-13-27(3)21-10-5-4-8-17(18)21/h4-10,13,19,22-23H,11-12,14-15H2,1-3H3/t19-,22?,23+/m1/s1. The number of rotatable bonds is 3. The SMILES string of the molecule is CN(C)[C@H]1CN(C2CCc3cccc(Cl)c32)C[C@@H]1c1cn(C)c2ccccc12. The smallest absolute Gasteiger partial charge is 0.0480 e. The monoisotopic (exact) mass is 393 g/mol. The maximum Gasteiger partial charge on any atom is 0.0480 e. The van der Waals surface area contributed by atoms with E-state index in [2.05, 4.69) is 84.2 Å². The number of benzene rings is 2. The molecule has 3 atom stereocenters. The van der Waals surface area contributed by atoms with Crippen LogP contribution in [0.1, 0.15) is 35.1 Å². The molecule has 0 amide bonds. The van der Waals surface area contributed by atoms with Crippen LogP contribution < -0.4 is 0 Å². The molecular formula is C24H28ClN3. The predicted molar refractivity (Wildman–Crippen MR) is 117 cm³/mol. The lowest BCUT2D eigenvalue weighted by atomic mass is 9.93. The molecular weight excluding hydrogens is 366 g/mol. The first kappa shape index (κ1) is 18.2. The van der Waals surface area contributed by atoms with E-state index in [-0.39, 0.29) is 0 Å². The first-order valence-electron chi connectivity index (χ1n) is 10.3. The van der Waals surface area contributed by atoms with Gasteiger partial charge < -0.3 is 9.47 Å². The van der Waals surface area contributed by atoms with Crippen molar-refractivity contribution < 1.29 is 0 Å². The van der Waals surface area contributed by atoms with E-state index in [1.807, 2.05) is 0 Å². The molecule has 1 aromatic heterocycles. The molecule has 1 aliphatic carbocycles. The van der Waals surface area contributed by atoms with Crippen molar-refractivity contribution in [3.05, 3.63) is 70.4 Å². The van der Waals surface area contributed by atoms with Crippen LogP contribution in [0.4, 0.5) is 0 Å². The Bertz CT molecular complexity index is 1020. The molecule has 1 fully saturated rings. The Morgan fingerprint density at radius 2 is 1.86 bits per heavy atom. The fourth-order valence-electron chi connectivity index (χ4n) is 5.54. The van der Waals surface area contributed by atoms with Crippen molar-refractivity contribution in [2.24, 2.45) is 7.05 Å². The van der Waals surface area contributed by atoms with Crippen molar-refractivity contribution in [2.75, 3.05) is 27.2 Å². The Hall–Kier alpha value is -1.81. The van der Waals surface area contributed by atoms with E-state index in [0.29, 0.717) is 18.0 Å². The molecule has 2 aromatic carbocycles. The van der Waals surface area contributed by atoms with Gasteiger partial charge in [-0.2, -0.15) is 0 Å². The Labute approximate surface area is 172 Å². The summed E-state index contributed by atoms with van der Waals surface area (Å²) < 4.78 is 2.28. The Balaban J connectivity index is 1.52. The van der Waals surface area contributed by atoms with Crippen LogP contribution in [0.5, 0.6) is 0 Å². The molecule has 3 nitrogen and oxygen atoms in total. The number of fused-ring (bicyclic) bond motifs is 2. The number of aryl methyl sites for hydroxylation is 2. The Morgan fingerprint density at radius 3 is 2.68 bits per heavy atom. The van der Waals surface area contributed by atoms with Gasteiger partial charge in [0.1, 0.15) is 0 Å². The van der Waals surface area contributed by atoms with Crippen molar-refractivity contribution in [1.82, 2.24) is 14.4 Å². The molecule has 2 aliphatic rings. The zero-order valence-corrected chi connectivity index (χ0v) is 17.7. The number of likely N-dealkylation sites (tertiary alicyclic amines) is 1. The maximum atomic E-state index is 6.64. The first-order chi connectivity index (χ1) is 13.5. The van der Waals surface area contributed by atoms with Crippen LogP contribution in [0.2, 0.25) is 5.02 Å². The third-order valence-electron chi connectivity index (χ3n) is 6.91. The van der Waals surface area contributed by atoms with Gasteiger partial charge >= 0.3 is 0 Å². The molecule has 0 bridgehead atoms. The average molecular weight is 394 g/mol. The summed E-state index contributed by atoms with van der Waals surface area (Å²) >= 11 is 6.64. The molecule has 0 spiro atoms. The van der Waals surface area contributed by atoms with Gasteiger partial charge in [-0.1, -0.05) is 41.9 Å². The van der Waals surface area contributed by atoms with Crippen LogP contribution in [0.25, 0.3) is 10.9 Å². The summed E-state index contributed by atoms with van der Waals surface area (Å²) in [5, 5.41) is 2.34. The minimum Gasteiger partial charge on any atom is -0.350 e. The van der Waals surface area contributed by atoms with Crippen LogP contribution in [-0.4, -0.2) is 47.6 Å². The summed E-state index contributed by atoms with van der Waals surface area (Å²) in [5.41, 5.74) is 5.62. The normalized spacial score (nSPS) is 25.1. The third-order valence-corrected chi connectivity index (χ3v) is 7.24. The van der Waals surface area contributed by atoms with E-state index in [1.54, 1.807) is 0 Å². The van der Waals surface area contributed by atoms with Crippen LogP contribution in [0, 0.1) is 0 Å². The van der Waals surface area contributed by atoms with Gasteiger partial charge in [0.05, 0.1) is 0 Å². The maximum absolute atomic E-state index is 6.64. The molecule has 2 heterocycles. The van der Waals surface area contributed by atoms with Gasteiger partial charge in [-0.15, -0.1) is 0 Å². The highest BCUT2D eigenvalue weighted by Crippen LogP contribution is 2.45. The van der Waals surface area contributed by atoms with E-state index in [4.69, 9.17) is 11.6 Å². The van der Waals surface area contributed by atoms with Crippen LogP contribution in [0.3, 0.4) is 0 Å². The van der Waals surface area contributed by atoms with Gasteiger partial charge in [-0.05, 0) is 55.8 Å². The van der Waals surface area contributed by atoms with E-state index < -0.39 is 0 Å². The summed E-state index contributed by atoms with van der Waals surface area (Å²) in [5.74, 6) is 0.507. The number of halogens is 1. The lowest BCUT2D eigenvalue weighted by Gasteiger charge is -2.27. The average Bonchev–Trinajstić information content (AvgIpc) is 3.37. The molecule has 0 saturated carbocycles. The van der Waals surface area contributed by atoms with E-state index in [9.17, 15) is 0 Å². The Kier molecular flexibility index (Phi) is 4.50. The topological polar surface area (TPSA) is 11.4 Å². The van der Waals surface area contributed by atoms with Gasteiger partial charge in [-0.25, -0.2) is 0 Å². The summed E-state index contributed by atoms with van der Waals surface area (Å²) in [6, 6.07) is 16.2. The van der Waals surface area contributed by atoms with E-state index >= 15 is 0 Å². The fraction of sp³-hybridized carbons (Fsp3) is 0.417. The van der Waals surface area contributed by atoms with Crippen LogP contribution >= 0.6 is 11.6 Å². The second-order valence-corrected chi connectivity index (χ2v) is 9.08. The molecule has 146 valence electrons. The lowest BCUT2D eigenvalue weighted by molar-refractivity contribution is 0.216. The van der Waals surface area contributed by atoms with Crippen molar-refractivity contribution in [3.8, 4) is 0 Å². The third kappa shape index (κ3) is 2.80. The van der Waals surface area contributed by atoms with Crippen LogP contribution in [0.15, 0.2) is 48.7 Å². The molecule has 1 saturated heterocycles. The van der Waals surface area contributed by atoms with Crippen molar-refractivity contribution in [3.63, 3.8) is 0 Å². The summed E-state index contributed by atoms with van der Waals surface area (Å²) in [6.07, 6.45) is 4.68.